The summed E-state index contributed by atoms with van der Waals surface area (Å²) < 4.78 is 17.1. The number of rotatable bonds is 7. The summed E-state index contributed by atoms with van der Waals surface area (Å²) in [5, 5.41) is 20.8. The number of aliphatic hydroxyl groups excluding tert-OH is 2. The molecule has 0 heterocycles. The molecule has 0 fully saturated rings. The van der Waals surface area contributed by atoms with E-state index in [0.717, 1.165) is 0 Å². The lowest BCUT2D eigenvalue weighted by molar-refractivity contribution is 0.198. The van der Waals surface area contributed by atoms with Gasteiger partial charge in [-0.3, -0.25) is 0 Å². The second-order valence-corrected chi connectivity index (χ2v) is 2.87. The van der Waals surface area contributed by atoms with E-state index in [-0.39, 0.29) is 26.4 Å². The van der Waals surface area contributed by atoms with E-state index >= 15 is 0 Å². The molecule has 0 saturated carbocycles. The average molecular weight is 227 g/mol. The molecule has 0 radical (unpaired) electrons. The van der Waals surface area contributed by atoms with Crippen LogP contribution >= 0.6 is 0 Å². The van der Waals surface area contributed by atoms with E-state index in [2.05, 4.69) is 10.6 Å². The predicted molar refractivity (Wildman–Crippen MR) is 56.4 cm³/mol. The second-order valence-electron chi connectivity index (χ2n) is 2.87. The molecule has 6 heteroatoms. The topological polar surface area (TPSA) is 95.1 Å². The number of nitrogens with one attached hydrogen (secondary N) is 1. The molecule has 1 aromatic carbocycles. The van der Waals surface area contributed by atoms with E-state index in [4.69, 9.17) is 21.1 Å². The standard InChI is InChI=1S/C10H14N2O4/c11-12-9-7-8(15-5-3-13)1-2-10(9)16-6-4-14/h1-2,7,11,13-14H,3-6H2/b12-11+/i/hD. The molecule has 0 aliphatic heterocycles. The minimum atomic E-state index is -0.111. The smallest absolute Gasteiger partial charge is 0.214 e. The van der Waals surface area contributed by atoms with Crippen LogP contribution in [-0.4, -0.2) is 36.6 Å². The normalized spacial score (nSPS) is 11.5. The molecule has 6 nitrogen and oxygen atoms in total. The number of nitrogens with zero attached hydrogens (tertiary/aromatic N) is 1. The van der Waals surface area contributed by atoms with Crippen LogP contribution in [0.3, 0.4) is 0 Å². The lowest BCUT2D eigenvalue weighted by Gasteiger charge is -2.09. The molecule has 0 aliphatic rings. The first kappa shape index (κ1) is 10.8. The molecule has 0 atom stereocenters. The maximum Gasteiger partial charge on any atom is 0.214 e. The molecule has 1 aromatic rings. The molecular weight excluding hydrogens is 212 g/mol. The third-order valence-corrected chi connectivity index (χ3v) is 1.75. The highest BCUT2D eigenvalue weighted by molar-refractivity contribution is 5.54. The van der Waals surface area contributed by atoms with Gasteiger partial charge in [0.1, 0.15) is 30.4 Å². The van der Waals surface area contributed by atoms with Crippen LogP contribution in [0.2, 0.25) is 1.41 Å². The summed E-state index contributed by atoms with van der Waals surface area (Å²) in [7, 11) is 0. The van der Waals surface area contributed by atoms with Crippen molar-refractivity contribution in [2.24, 2.45) is 5.11 Å². The number of ether oxygens (including phenoxy) is 2. The zero-order chi connectivity index (χ0) is 12.5. The molecule has 0 amide bonds. The van der Waals surface area contributed by atoms with Gasteiger partial charge in [-0.05, 0) is 12.1 Å². The molecule has 0 aliphatic carbocycles. The first-order chi connectivity index (χ1) is 8.31. The molecule has 16 heavy (non-hydrogen) atoms. The van der Waals surface area contributed by atoms with Gasteiger partial charge in [0, 0.05) is 6.07 Å². The Kier molecular flexibility index (Phi) is 4.58. The van der Waals surface area contributed by atoms with E-state index in [1.165, 1.54) is 0 Å². The zero-order valence-corrected chi connectivity index (χ0v) is 8.67. The third-order valence-electron chi connectivity index (χ3n) is 1.75. The Morgan fingerprint density at radius 3 is 2.69 bits per heavy atom. The Morgan fingerprint density at radius 1 is 1.25 bits per heavy atom. The quantitative estimate of drug-likeness (QED) is 0.607. The molecule has 0 spiro atoms. The van der Waals surface area contributed by atoms with Crippen molar-refractivity contribution in [2.45, 2.75) is 0 Å². The minimum Gasteiger partial charge on any atom is -0.491 e. The number of aliphatic hydroxyl groups is 2. The maximum absolute atomic E-state index is 8.65. The predicted octanol–water partition coefficient (Wildman–Crippen LogP) is 1.09. The molecule has 88 valence electrons. The van der Waals surface area contributed by atoms with Crippen molar-refractivity contribution in [3.8, 4) is 11.5 Å². The molecule has 0 aromatic heterocycles. The van der Waals surface area contributed by atoms with Crippen LogP contribution in [0.15, 0.2) is 23.3 Å². The summed E-state index contributed by atoms with van der Waals surface area (Å²) in [5.74, 6) is 0.907. The fourth-order valence-corrected chi connectivity index (χ4v) is 1.11. The summed E-state index contributed by atoms with van der Waals surface area (Å²) in [4.78, 5) is 0. The van der Waals surface area contributed by atoms with Crippen molar-refractivity contribution < 1.29 is 21.1 Å². The maximum atomic E-state index is 8.65. The summed E-state index contributed by atoms with van der Waals surface area (Å²) in [6.45, 7) is 0.115. The molecule has 1 rings (SSSR count). The molecule has 0 unspecified atom stereocenters. The van der Waals surface area contributed by atoms with Crippen LogP contribution in [-0.2, 0) is 0 Å². The Bertz CT molecular complexity index is 373. The van der Waals surface area contributed by atoms with Crippen molar-refractivity contribution >= 4 is 5.69 Å². The van der Waals surface area contributed by atoms with Crippen molar-refractivity contribution in [2.75, 3.05) is 26.4 Å². The highest BCUT2D eigenvalue weighted by atomic mass is 16.5. The van der Waals surface area contributed by atoms with Crippen molar-refractivity contribution in [3.05, 3.63) is 18.2 Å². The van der Waals surface area contributed by atoms with Gasteiger partial charge in [0.25, 0.3) is 0 Å². The Morgan fingerprint density at radius 2 is 2.00 bits per heavy atom. The summed E-state index contributed by atoms with van der Waals surface area (Å²) in [5.41, 5.74) is 3.26. The Hall–Kier alpha value is -1.66. The summed E-state index contributed by atoms with van der Waals surface area (Å²) >= 11 is 0. The van der Waals surface area contributed by atoms with Gasteiger partial charge >= 0.3 is 0 Å². The summed E-state index contributed by atoms with van der Waals surface area (Å²) in [6.07, 6.45) is 0. The van der Waals surface area contributed by atoms with Crippen LogP contribution < -0.4 is 9.47 Å². The lowest BCUT2D eigenvalue weighted by Crippen LogP contribution is -2.03. The Labute approximate surface area is 94.4 Å². The van der Waals surface area contributed by atoms with Crippen LogP contribution in [0.5, 0.6) is 11.5 Å². The van der Waals surface area contributed by atoms with Crippen molar-refractivity contribution in [1.82, 2.24) is 0 Å². The number of hydrogen-bond acceptors (Lipinski definition) is 6. The van der Waals surface area contributed by atoms with Crippen LogP contribution in [0.4, 0.5) is 5.69 Å². The third kappa shape index (κ3) is 3.48. The van der Waals surface area contributed by atoms with Crippen LogP contribution in [0, 0.1) is 5.52 Å². The Balaban J connectivity index is 2.83. The fourth-order valence-electron chi connectivity index (χ4n) is 1.11. The number of benzene rings is 1. The van der Waals surface area contributed by atoms with Gasteiger partial charge in [-0.25, -0.2) is 5.52 Å². The second kappa shape index (κ2) is 6.76. The first-order valence-corrected chi connectivity index (χ1v) is 4.78. The van der Waals surface area contributed by atoms with E-state index in [1.54, 1.807) is 18.2 Å². The minimum absolute atomic E-state index is 0.0853. The number of hydrogen-bond donors (Lipinski definition) is 3. The van der Waals surface area contributed by atoms with Crippen LogP contribution in [0.1, 0.15) is 0 Å². The molecule has 3 N–H and O–H groups in total. The van der Waals surface area contributed by atoms with Gasteiger partial charge < -0.3 is 19.7 Å². The average Bonchev–Trinajstić information content (AvgIpc) is 2.35. The molecular formula is C10H14N2O4. The van der Waals surface area contributed by atoms with E-state index in [0.29, 0.717) is 17.2 Å². The first-order valence-electron chi connectivity index (χ1n) is 5.23. The van der Waals surface area contributed by atoms with Crippen LogP contribution in [0.25, 0.3) is 0 Å². The summed E-state index contributed by atoms with van der Waals surface area (Å²) in [6, 6.07) is 4.79. The van der Waals surface area contributed by atoms with Gasteiger partial charge in [-0.15, -0.1) is 0 Å². The van der Waals surface area contributed by atoms with Gasteiger partial charge in [0.15, 0.2) is 0 Å². The molecule has 0 saturated heterocycles. The largest absolute Gasteiger partial charge is 0.491 e. The fraction of sp³-hybridized carbons (Fsp3) is 0.400. The van der Waals surface area contributed by atoms with Crippen molar-refractivity contribution in [1.29, 1.82) is 5.52 Å². The highest BCUT2D eigenvalue weighted by Crippen LogP contribution is 2.31. The monoisotopic (exact) mass is 227 g/mol. The van der Waals surface area contributed by atoms with E-state index in [9.17, 15) is 0 Å². The van der Waals surface area contributed by atoms with Crippen molar-refractivity contribution in [3.63, 3.8) is 0 Å². The van der Waals surface area contributed by atoms with Gasteiger partial charge in [0.2, 0.25) is 1.41 Å². The SMILES string of the molecule is [2H]/N=N/c1cc(OCCO)ccc1OCCO. The zero-order valence-electron chi connectivity index (χ0n) is 9.67. The molecule has 0 bridgehead atoms. The highest BCUT2D eigenvalue weighted by Gasteiger charge is 2.05. The van der Waals surface area contributed by atoms with Gasteiger partial charge in [-0.1, -0.05) is 0 Å². The lowest BCUT2D eigenvalue weighted by atomic mass is 10.3. The van der Waals surface area contributed by atoms with E-state index in [1.807, 2.05) is 0 Å². The van der Waals surface area contributed by atoms with Gasteiger partial charge in [0.05, 0.1) is 13.2 Å². The van der Waals surface area contributed by atoms with Gasteiger partial charge in [-0.2, -0.15) is 5.11 Å². The van der Waals surface area contributed by atoms with E-state index < -0.39 is 0 Å².